The monoisotopic (exact) mass is 568 g/mol. The van der Waals surface area contributed by atoms with Crippen LogP contribution in [0.3, 0.4) is 0 Å². The third kappa shape index (κ3) is 5.72. The Morgan fingerprint density at radius 2 is 1.62 bits per heavy atom. The van der Waals surface area contributed by atoms with Crippen molar-refractivity contribution in [3.63, 3.8) is 0 Å². The maximum absolute atomic E-state index is 13.3. The second-order valence-electron chi connectivity index (χ2n) is 9.49. The molecule has 3 aromatic rings. The highest BCUT2D eigenvalue weighted by Gasteiger charge is 2.23. The predicted octanol–water partition coefficient (Wildman–Crippen LogP) is 3.33. The van der Waals surface area contributed by atoms with Gasteiger partial charge in [0.15, 0.2) is 0 Å². The molecule has 0 unspecified atom stereocenters. The molecular weight excluding hydrogens is 539 g/mol. The van der Waals surface area contributed by atoms with E-state index in [1.807, 2.05) is 18.3 Å². The Morgan fingerprint density at radius 1 is 0.949 bits per heavy atom. The van der Waals surface area contributed by atoms with Gasteiger partial charge in [0.25, 0.3) is 5.91 Å². The van der Waals surface area contributed by atoms with E-state index < -0.39 is 0 Å². The van der Waals surface area contributed by atoms with E-state index in [0.717, 1.165) is 38.3 Å². The molecule has 1 saturated heterocycles. The van der Waals surface area contributed by atoms with Crippen LogP contribution in [0.5, 0.6) is 11.5 Å². The number of fused-ring (bicyclic) bond motifs is 1. The van der Waals surface area contributed by atoms with E-state index in [4.69, 9.17) is 32.7 Å². The van der Waals surface area contributed by atoms with Gasteiger partial charge in [0.05, 0.1) is 53.6 Å². The van der Waals surface area contributed by atoms with Crippen LogP contribution in [0.15, 0.2) is 46.5 Å². The van der Waals surface area contributed by atoms with Crippen LogP contribution in [0, 0.1) is 0 Å². The van der Waals surface area contributed by atoms with Crippen LogP contribution in [0.2, 0.25) is 10.0 Å². The number of nitrogens with zero attached hydrogens (tertiary/aromatic N) is 5. The standard InChI is InChI=1S/C28H30Cl2N6O3/c1-35-10-12-36(13-11-35)16-17-4-7-22(33-15-17)34-28(37)19-6-5-18(26-27(19)32-9-8-31-26)23-24(29)20(38-2)14-21(39-3)25(23)30/h4-7,14-15H,8-13,16H2,1-3H3,(H,33,34,37). The van der Waals surface area contributed by atoms with Gasteiger partial charge in [-0.25, -0.2) is 4.98 Å². The highest BCUT2D eigenvalue weighted by molar-refractivity contribution is 6.41. The molecule has 0 aliphatic carbocycles. The number of halogens is 2. The third-order valence-corrected chi connectivity index (χ3v) is 7.70. The smallest absolute Gasteiger partial charge is 0.259 e. The van der Waals surface area contributed by atoms with Crippen LogP contribution in [-0.4, -0.2) is 81.2 Å². The second kappa shape index (κ2) is 11.9. The number of aromatic nitrogens is 1. The van der Waals surface area contributed by atoms with Gasteiger partial charge in [-0.1, -0.05) is 35.3 Å². The zero-order valence-corrected chi connectivity index (χ0v) is 23.6. The molecule has 0 atom stereocenters. The number of carbonyl (C=O) groups is 1. The summed E-state index contributed by atoms with van der Waals surface area (Å²) < 4.78 is 10.9. The van der Waals surface area contributed by atoms with E-state index in [1.54, 1.807) is 18.2 Å². The molecule has 1 amide bonds. The van der Waals surface area contributed by atoms with E-state index in [0.29, 0.717) is 67.9 Å². The second-order valence-corrected chi connectivity index (χ2v) is 10.2. The number of benzene rings is 2. The first-order valence-corrected chi connectivity index (χ1v) is 13.4. The molecule has 204 valence electrons. The number of piperazine rings is 1. The number of methoxy groups -OCH3 is 2. The number of likely N-dealkylation sites (N-methyl/N-ethyl adjacent to an activating group) is 1. The molecule has 0 saturated carbocycles. The minimum absolute atomic E-state index is 0.321. The third-order valence-electron chi connectivity index (χ3n) is 6.95. The Bertz CT molecular complexity index is 1480. The minimum Gasteiger partial charge on any atom is -0.495 e. The number of pyridine rings is 1. The molecule has 1 N–H and O–H groups in total. The van der Waals surface area contributed by atoms with Crippen LogP contribution in [0.25, 0.3) is 11.1 Å². The van der Waals surface area contributed by atoms with Crippen LogP contribution < -0.4 is 25.5 Å². The van der Waals surface area contributed by atoms with Gasteiger partial charge in [0.2, 0.25) is 0 Å². The fraction of sp³-hybridized carbons (Fsp3) is 0.357. The van der Waals surface area contributed by atoms with Crippen molar-refractivity contribution in [3.05, 3.63) is 68.4 Å². The summed E-state index contributed by atoms with van der Waals surface area (Å²) in [6.07, 6.45) is 1.81. The summed E-state index contributed by atoms with van der Waals surface area (Å²) in [6, 6.07) is 8.94. The van der Waals surface area contributed by atoms with Gasteiger partial charge in [-0.3, -0.25) is 19.7 Å². The van der Waals surface area contributed by atoms with Gasteiger partial charge in [0, 0.05) is 56.1 Å². The van der Waals surface area contributed by atoms with Crippen molar-refractivity contribution in [2.75, 3.05) is 65.9 Å². The molecule has 9 nitrogen and oxygen atoms in total. The van der Waals surface area contributed by atoms with Crippen molar-refractivity contribution in [2.45, 2.75) is 6.54 Å². The number of nitrogens with one attached hydrogen (secondary N) is 1. The first kappa shape index (κ1) is 27.3. The summed E-state index contributed by atoms with van der Waals surface area (Å²) in [5, 5.41) is 4.57. The Balaban J connectivity index is 1.42. The van der Waals surface area contributed by atoms with E-state index in [-0.39, 0.29) is 5.91 Å². The minimum atomic E-state index is -0.321. The Hall–Kier alpha value is -3.24. The van der Waals surface area contributed by atoms with Crippen molar-refractivity contribution in [1.82, 2.24) is 14.8 Å². The average Bonchev–Trinajstić information content (AvgIpc) is 2.95. The summed E-state index contributed by atoms with van der Waals surface area (Å²) in [5.41, 5.74) is 2.65. The van der Waals surface area contributed by atoms with Gasteiger partial charge in [-0.05, 0) is 24.7 Å². The first-order valence-electron chi connectivity index (χ1n) is 12.7. The van der Waals surface area contributed by atoms with Crippen LogP contribution >= 0.6 is 23.2 Å². The quantitative estimate of drug-likeness (QED) is 0.470. The highest BCUT2D eigenvalue weighted by Crippen LogP contribution is 2.45. The highest BCUT2D eigenvalue weighted by atomic mass is 35.5. The SMILES string of the molecule is COc1cc(OC)c(Cl)c(-c2ccc(C(=O)Nc3ccc(CN4CCN(C)CC4)cn3)c3c2=NCCN=3)c1Cl. The van der Waals surface area contributed by atoms with Gasteiger partial charge in [-0.2, -0.15) is 0 Å². The Morgan fingerprint density at radius 3 is 2.23 bits per heavy atom. The number of ether oxygens (including phenoxy) is 2. The van der Waals surface area contributed by atoms with Gasteiger partial charge < -0.3 is 19.7 Å². The summed E-state index contributed by atoms with van der Waals surface area (Å²) in [6.45, 7) is 5.98. The zero-order valence-electron chi connectivity index (χ0n) is 22.1. The number of hydrogen-bond donors (Lipinski definition) is 1. The van der Waals surface area contributed by atoms with Crippen molar-refractivity contribution in [1.29, 1.82) is 0 Å². The molecule has 2 aromatic carbocycles. The maximum Gasteiger partial charge on any atom is 0.259 e. The fourth-order valence-electron chi connectivity index (χ4n) is 4.77. The Kier molecular flexibility index (Phi) is 8.32. The fourth-order valence-corrected chi connectivity index (χ4v) is 5.47. The zero-order chi connectivity index (χ0) is 27.5. The molecule has 0 radical (unpaired) electrons. The molecule has 2 aliphatic heterocycles. The molecule has 1 fully saturated rings. The number of amides is 1. The largest absolute Gasteiger partial charge is 0.495 e. The van der Waals surface area contributed by atoms with Crippen molar-refractivity contribution < 1.29 is 14.3 Å². The van der Waals surface area contributed by atoms with Crippen LogP contribution in [-0.2, 0) is 6.54 Å². The number of anilines is 1. The summed E-state index contributed by atoms with van der Waals surface area (Å²) >= 11 is 13.4. The number of hydrogen-bond acceptors (Lipinski definition) is 8. The lowest BCUT2D eigenvalue weighted by molar-refractivity contribution is 0.102. The van der Waals surface area contributed by atoms with Crippen molar-refractivity contribution in [3.8, 4) is 22.6 Å². The van der Waals surface area contributed by atoms with Crippen LogP contribution in [0.4, 0.5) is 5.82 Å². The normalized spacial score (nSPS) is 15.6. The predicted molar refractivity (Wildman–Crippen MR) is 152 cm³/mol. The van der Waals surface area contributed by atoms with Gasteiger partial charge in [-0.15, -0.1) is 0 Å². The molecule has 2 aliphatic rings. The summed E-state index contributed by atoms with van der Waals surface area (Å²) in [5.74, 6) is 0.978. The molecule has 5 rings (SSSR count). The molecule has 0 bridgehead atoms. The van der Waals surface area contributed by atoms with E-state index in [9.17, 15) is 4.79 Å². The van der Waals surface area contributed by atoms with Gasteiger partial charge in [0.1, 0.15) is 17.3 Å². The topological polar surface area (TPSA) is 91.7 Å². The molecule has 1 aromatic heterocycles. The van der Waals surface area contributed by atoms with Crippen molar-refractivity contribution in [2.24, 2.45) is 9.98 Å². The average molecular weight is 569 g/mol. The Labute approximate surface area is 237 Å². The molecule has 39 heavy (non-hydrogen) atoms. The molecule has 11 heteroatoms. The van der Waals surface area contributed by atoms with E-state index in [1.165, 1.54) is 14.2 Å². The molecule has 0 spiro atoms. The van der Waals surface area contributed by atoms with Crippen molar-refractivity contribution >= 4 is 34.9 Å². The van der Waals surface area contributed by atoms with Crippen LogP contribution in [0.1, 0.15) is 15.9 Å². The van der Waals surface area contributed by atoms with E-state index in [2.05, 4.69) is 37.1 Å². The summed E-state index contributed by atoms with van der Waals surface area (Å²) in [4.78, 5) is 31.9. The maximum atomic E-state index is 13.3. The van der Waals surface area contributed by atoms with E-state index >= 15 is 0 Å². The lowest BCUT2D eigenvalue weighted by atomic mass is 10.00. The first-order chi connectivity index (χ1) is 18.9. The van der Waals surface area contributed by atoms with Gasteiger partial charge >= 0.3 is 0 Å². The lowest BCUT2D eigenvalue weighted by Crippen LogP contribution is -2.43. The summed E-state index contributed by atoms with van der Waals surface area (Å²) in [7, 11) is 5.19. The number of carbonyl (C=O) groups excluding carboxylic acids is 1. The molecule has 3 heterocycles. The number of rotatable bonds is 7. The molecular formula is C28H30Cl2N6O3. The lowest BCUT2D eigenvalue weighted by Gasteiger charge is -2.32.